The van der Waals surface area contributed by atoms with E-state index in [0.717, 1.165) is 12.1 Å². The van der Waals surface area contributed by atoms with Crippen LogP contribution in [0, 0.1) is 0 Å². The first-order valence-electron chi connectivity index (χ1n) is 4.46. The van der Waals surface area contributed by atoms with Crippen LogP contribution in [0.4, 0.5) is 5.69 Å². The van der Waals surface area contributed by atoms with E-state index in [9.17, 15) is 19.2 Å². The van der Waals surface area contributed by atoms with Gasteiger partial charge in [0.1, 0.15) is 0 Å². The number of carbonyl (C=O) groups is 4. The van der Waals surface area contributed by atoms with Crippen LogP contribution in [0.25, 0.3) is 0 Å². The first-order valence-corrected chi connectivity index (χ1v) is 4.46. The number of nitrogens with one attached hydrogen (secondary N) is 1. The zero-order valence-corrected chi connectivity index (χ0v) is 8.71. The highest BCUT2D eigenvalue weighted by Crippen LogP contribution is 2.23. The standard InChI is InChI=1S/C10H7NO7/c12-3-11-7-5(9(15)16)1-4(8(13)14)2-6(7)10(17)18/h1-3H,(H,11,12)(H,13,14)(H,15,16)(H,17,18). The van der Waals surface area contributed by atoms with Gasteiger partial charge in [-0.05, 0) is 12.1 Å². The second kappa shape index (κ2) is 4.95. The lowest BCUT2D eigenvalue weighted by atomic mass is 10.0. The molecule has 0 unspecified atom stereocenters. The lowest BCUT2D eigenvalue weighted by molar-refractivity contribution is -0.105. The van der Waals surface area contributed by atoms with Crippen molar-refractivity contribution in [1.82, 2.24) is 0 Å². The zero-order valence-electron chi connectivity index (χ0n) is 8.71. The van der Waals surface area contributed by atoms with Gasteiger partial charge in [-0.1, -0.05) is 0 Å². The Morgan fingerprint density at radius 3 is 1.67 bits per heavy atom. The van der Waals surface area contributed by atoms with Crippen LogP contribution in [0.3, 0.4) is 0 Å². The highest BCUT2D eigenvalue weighted by atomic mass is 16.4. The van der Waals surface area contributed by atoms with Crippen LogP contribution in [0.5, 0.6) is 0 Å². The molecule has 18 heavy (non-hydrogen) atoms. The summed E-state index contributed by atoms with van der Waals surface area (Å²) in [5.41, 5.74) is -2.19. The number of hydrogen-bond donors (Lipinski definition) is 4. The molecule has 94 valence electrons. The molecule has 0 aliphatic carbocycles. The third kappa shape index (κ3) is 2.43. The minimum atomic E-state index is -1.55. The Kier molecular flexibility index (Phi) is 3.62. The van der Waals surface area contributed by atoms with E-state index in [1.54, 1.807) is 0 Å². The van der Waals surface area contributed by atoms with Crippen molar-refractivity contribution < 1.29 is 34.5 Å². The number of anilines is 1. The van der Waals surface area contributed by atoms with Crippen molar-refractivity contribution in [3.63, 3.8) is 0 Å². The van der Waals surface area contributed by atoms with E-state index < -0.39 is 40.3 Å². The summed E-state index contributed by atoms with van der Waals surface area (Å²) in [6, 6.07) is 1.53. The quantitative estimate of drug-likeness (QED) is 0.554. The number of amides is 1. The molecule has 1 amide bonds. The van der Waals surface area contributed by atoms with Crippen molar-refractivity contribution in [3.05, 3.63) is 28.8 Å². The maximum absolute atomic E-state index is 10.9. The van der Waals surface area contributed by atoms with Gasteiger partial charge in [0.25, 0.3) is 0 Å². The molecular formula is C10H7NO7. The molecule has 8 heteroatoms. The maximum atomic E-state index is 10.9. The molecule has 0 fully saturated rings. The molecule has 0 saturated carbocycles. The second-order valence-corrected chi connectivity index (χ2v) is 3.12. The summed E-state index contributed by atoms with van der Waals surface area (Å²) in [5.74, 6) is -4.58. The van der Waals surface area contributed by atoms with Crippen LogP contribution in [0.2, 0.25) is 0 Å². The first-order chi connectivity index (χ1) is 8.38. The Balaban J connectivity index is 3.64. The molecule has 0 bridgehead atoms. The minimum absolute atomic E-state index is 0.106. The van der Waals surface area contributed by atoms with Crippen LogP contribution in [-0.2, 0) is 4.79 Å². The molecule has 0 spiro atoms. The van der Waals surface area contributed by atoms with E-state index in [0.29, 0.717) is 0 Å². The van der Waals surface area contributed by atoms with Crippen molar-refractivity contribution in [2.75, 3.05) is 5.32 Å². The van der Waals surface area contributed by atoms with Gasteiger partial charge in [0, 0.05) is 0 Å². The average molecular weight is 253 g/mol. The van der Waals surface area contributed by atoms with Gasteiger partial charge in [0.05, 0.1) is 22.4 Å². The summed E-state index contributed by atoms with van der Waals surface area (Å²) < 4.78 is 0. The maximum Gasteiger partial charge on any atom is 0.337 e. The molecular weight excluding hydrogens is 246 g/mol. The smallest absolute Gasteiger partial charge is 0.337 e. The molecule has 0 atom stereocenters. The largest absolute Gasteiger partial charge is 0.478 e. The lowest BCUT2D eigenvalue weighted by Gasteiger charge is -2.09. The van der Waals surface area contributed by atoms with Crippen LogP contribution in [-0.4, -0.2) is 39.6 Å². The molecule has 0 radical (unpaired) electrons. The summed E-state index contributed by atoms with van der Waals surface area (Å²) in [5, 5.41) is 28.4. The number of carboxylic acid groups (broad SMARTS) is 3. The fourth-order valence-electron chi connectivity index (χ4n) is 1.32. The predicted molar refractivity (Wildman–Crippen MR) is 57.0 cm³/mol. The van der Waals surface area contributed by atoms with Gasteiger partial charge in [0.2, 0.25) is 6.41 Å². The van der Waals surface area contributed by atoms with Gasteiger partial charge in [0.15, 0.2) is 0 Å². The Morgan fingerprint density at radius 1 is 0.944 bits per heavy atom. The Bertz CT molecular complexity index is 514. The number of aromatic carboxylic acids is 3. The van der Waals surface area contributed by atoms with Crippen LogP contribution in [0.15, 0.2) is 12.1 Å². The zero-order chi connectivity index (χ0) is 13.9. The van der Waals surface area contributed by atoms with Crippen LogP contribution >= 0.6 is 0 Å². The summed E-state index contributed by atoms with van der Waals surface area (Å²) >= 11 is 0. The highest BCUT2D eigenvalue weighted by molar-refractivity contribution is 6.08. The van der Waals surface area contributed by atoms with E-state index in [2.05, 4.69) is 0 Å². The lowest BCUT2D eigenvalue weighted by Crippen LogP contribution is -2.13. The Labute approximate surface area is 99.5 Å². The van der Waals surface area contributed by atoms with Crippen molar-refractivity contribution in [1.29, 1.82) is 0 Å². The van der Waals surface area contributed by atoms with Gasteiger partial charge in [-0.15, -0.1) is 0 Å². The second-order valence-electron chi connectivity index (χ2n) is 3.12. The number of rotatable bonds is 5. The fourth-order valence-corrected chi connectivity index (χ4v) is 1.32. The topological polar surface area (TPSA) is 141 Å². The molecule has 0 saturated heterocycles. The Hall–Kier alpha value is -2.90. The van der Waals surface area contributed by atoms with E-state index >= 15 is 0 Å². The van der Waals surface area contributed by atoms with Crippen molar-refractivity contribution in [2.24, 2.45) is 0 Å². The third-order valence-electron chi connectivity index (χ3n) is 2.05. The van der Waals surface area contributed by atoms with Gasteiger partial charge < -0.3 is 20.6 Å². The number of benzene rings is 1. The fraction of sp³-hybridized carbons (Fsp3) is 0. The molecule has 1 rings (SSSR count). The molecule has 4 N–H and O–H groups in total. The van der Waals surface area contributed by atoms with Gasteiger partial charge in [-0.2, -0.15) is 0 Å². The van der Waals surface area contributed by atoms with E-state index in [1.165, 1.54) is 0 Å². The summed E-state index contributed by atoms with van der Waals surface area (Å²) in [4.78, 5) is 42.9. The van der Waals surface area contributed by atoms with Gasteiger partial charge in [-0.25, -0.2) is 14.4 Å². The summed E-state index contributed by atoms with van der Waals surface area (Å²) in [7, 11) is 0. The summed E-state index contributed by atoms with van der Waals surface area (Å²) in [6.07, 6.45) is 0.106. The molecule has 8 nitrogen and oxygen atoms in total. The number of hydrogen-bond acceptors (Lipinski definition) is 4. The van der Waals surface area contributed by atoms with Crippen molar-refractivity contribution in [3.8, 4) is 0 Å². The average Bonchev–Trinajstić information content (AvgIpc) is 2.28. The first kappa shape index (κ1) is 13.2. The predicted octanol–water partition coefficient (Wildman–Crippen LogP) is 0.349. The molecule has 0 aliphatic rings. The third-order valence-corrected chi connectivity index (χ3v) is 2.05. The minimum Gasteiger partial charge on any atom is -0.478 e. The van der Waals surface area contributed by atoms with Gasteiger partial charge in [-0.3, -0.25) is 4.79 Å². The van der Waals surface area contributed by atoms with E-state index in [-0.39, 0.29) is 6.41 Å². The number of carbonyl (C=O) groups excluding carboxylic acids is 1. The molecule has 1 aromatic rings. The van der Waals surface area contributed by atoms with E-state index in [4.69, 9.17) is 15.3 Å². The van der Waals surface area contributed by atoms with Gasteiger partial charge >= 0.3 is 17.9 Å². The highest BCUT2D eigenvalue weighted by Gasteiger charge is 2.22. The SMILES string of the molecule is O=CNc1c(C(=O)O)cc(C(=O)O)cc1C(=O)O. The molecule has 1 aromatic carbocycles. The Morgan fingerprint density at radius 2 is 1.39 bits per heavy atom. The van der Waals surface area contributed by atoms with Crippen LogP contribution in [0.1, 0.15) is 31.1 Å². The summed E-state index contributed by atoms with van der Waals surface area (Å²) in [6.45, 7) is 0. The monoisotopic (exact) mass is 253 g/mol. The molecule has 0 aromatic heterocycles. The van der Waals surface area contributed by atoms with Crippen molar-refractivity contribution >= 4 is 30.0 Å². The van der Waals surface area contributed by atoms with E-state index in [1.807, 2.05) is 5.32 Å². The van der Waals surface area contributed by atoms with Crippen LogP contribution < -0.4 is 5.32 Å². The molecule has 0 heterocycles. The van der Waals surface area contributed by atoms with Crippen molar-refractivity contribution in [2.45, 2.75) is 0 Å². The molecule has 0 aliphatic heterocycles. The number of carboxylic acids is 3. The normalized spacial score (nSPS) is 9.56.